The van der Waals surface area contributed by atoms with Crippen LogP contribution >= 0.6 is 0 Å². The maximum atomic E-state index is 13.1. The van der Waals surface area contributed by atoms with Gasteiger partial charge >= 0.3 is 0 Å². The number of halogens is 1. The Bertz CT molecular complexity index is 450. The van der Waals surface area contributed by atoms with E-state index >= 15 is 0 Å². The first kappa shape index (κ1) is 15.4. The van der Waals surface area contributed by atoms with Crippen molar-refractivity contribution < 1.29 is 14.4 Å². The fourth-order valence-corrected chi connectivity index (χ4v) is 1.79. The van der Waals surface area contributed by atoms with Gasteiger partial charge in [-0.15, -0.1) is 0 Å². The zero-order chi connectivity index (χ0) is 14.5. The molecule has 0 aromatic heterocycles. The number of benzene rings is 1. The number of aliphatic hydroxyl groups is 1. The van der Waals surface area contributed by atoms with Crippen molar-refractivity contribution >= 4 is 11.4 Å². The lowest BCUT2D eigenvalue weighted by atomic mass is 9.88. The summed E-state index contributed by atoms with van der Waals surface area (Å²) in [7, 11) is 0. The fourth-order valence-electron chi connectivity index (χ4n) is 1.79. The molecule has 1 aromatic rings. The van der Waals surface area contributed by atoms with E-state index in [-0.39, 0.29) is 23.4 Å². The number of nitrogens with one attached hydrogen (secondary N) is 1. The van der Waals surface area contributed by atoms with Crippen molar-refractivity contribution in [3.8, 4) is 0 Å². The summed E-state index contributed by atoms with van der Waals surface area (Å²) in [6, 6.07) is 3.35. The van der Waals surface area contributed by atoms with Crippen molar-refractivity contribution in [3.05, 3.63) is 34.1 Å². The molecule has 0 aliphatic carbocycles. The van der Waals surface area contributed by atoms with E-state index in [1.807, 2.05) is 13.8 Å². The summed E-state index contributed by atoms with van der Waals surface area (Å²) in [6.07, 6.45) is 1.44. The van der Waals surface area contributed by atoms with Crippen LogP contribution in [0.4, 0.5) is 15.8 Å². The van der Waals surface area contributed by atoms with E-state index in [2.05, 4.69) is 5.32 Å². The summed E-state index contributed by atoms with van der Waals surface area (Å²) in [5.74, 6) is -0.513. The van der Waals surface area contributed by atoms with Crippen molar-refractivity contribution in [2.45, 2.75) is 26.7 Å². The maximum absolute atomic E-state index is 13.1. The standard InChI is InChI=1S/C13H19FN2O3/c1-13(2,6-3-7-17)9-15-11-8-10(14)4-5-12(11)16(18)19/h4-5,8,15,17H,3,6-7,9H2,1-2H3. The summed E-state index contributed by atoms with van der Waals surface area (Å²) in [5.41, 5.74) is -0.0930. The van der Waals surface area contributed by atoms with Crippen LogP contribution in [0.25, 0.3) is 0 Å². The minimum absolute atomic E-state index is 0.115. The molecule has 0 saturated carbocycles. The lowest BCUT2D eigenvalue weighted by molar-refractivity contribution is -0.384. The molecule has 5 nitrogen and oxygen atoms in total. The highest BCUT2D eigenvalue weighted by Crippen LogP contribution is 2.28. The molecule has 0 atom stereocenters. The molecule has 106 valence electrons. The van der Waals surface area contributed by atoms with Crippen LogP contribution in [0.5, 0.6) is 0 Å². The number of rotatable bonds is 7. The van der Waals surface area contributed by atoms with Crippen molar-refractivity contribution in [1.29, 1.82) is 0 Å². The monoisotopic (exact) mass is 270 g/mol. The second-order valence-electron chi connectivity index (χ2n) is 5.26. The Morgan fingerprint density at radius 3 is 2.74 bits per heavy atom. The van der Waals surface area contributed by atoms with Gasteiger partial charge in [0.2, 0.25) is 0 Å². The average Bonchev–Trinajstić information content (AvgIpc) is 2.34. The van der Waals surface area contributed by atoms with Crippen LogP contribution in [0.2, 0.25) is 0 Å². The molecular formula is C13H19FN2O3. The van der Waals surface area contributed by atoms with Crippen LogP contribution in [-0.2, 0) is 0 Å². The Balaban J connectivity index is 2.76. The number of nitrogens with zero attached hydrogens (tertiary/aromatic N) is 1. The first-order valence-electron chi connectivity index (χ1n) is 6.14. The van der Waals surface area contributed by atoms with Gasteiger partial charge in [0.1, 0.15) is 11.5 Å². The molecule has 0 amide bonds. The molecular weight excluding hydrogens is 251 g/mol. The first-order chi connectivity index (χ1) is 8.85. The summed E-state index contributed by atoms with van der Waals surface area (Å²) in [5, 5.41) is 22.6. The summed E-state index contributed by atoms with van der Waals surface area (Å²) in [4.78, 5) is 10.3. The van der Waals surface area contributed by atoms with E-state index in [9.17, 15) is 14.5 Å². The summed E-state index contributed by atoms with van der Waals surface area (Å²) < 4.78 is 13.1. The lowest BCUT2D eigenvalue weighted by Crippen LogP contribution is -2.23. The summed E-state index contributed by atoms with van der Waals surface area (Å²) >= 11 is 0. The third-order valence-electron chi connectivity index (χ3n) is 2.92. The number of aliphatic hydroxyl groups excluding tert-OH is 1. The molecule has 6 heteroatoms. The molecule has 0 radical (unpaired) electrons. The van der Waals surface area contributed by atoms with Crippen LogP contribution in [-0.4, -0.2) is 23.2 Å². The second-order valence-corrected chi connectivity index (χ2v) is 5.26. The van der Waals surface area contributed by atoms with E-state index in [0.29, 0.717) is 13.0 Å². The summed E-state index contributed by atoms with van der Waals surface area (Å²) in [6.45, 7) is 4.56. The van der Waals surface area contributed by atoms with Gasteiger partial charge in [0.25, 0.3) is 5.69 Å². The van der Waals surface area contributed by atoms with Gasteiger partial charge in [-0.3, -0.25) is 10.1 Å². The number of anilines is 1. The largest absolute Gasteiger partial charge is 0.396 e. The third kappa shape index (κ3) is 4.82. The highest BCUT2D eigenvalue weighted by atomic mass is 19.1. The van der Waals surface area contributed by atoms with Crippen LogP contribution in [0, 0.1) is 21.3 Å². The van der Waals surface area contributed by atoms with Crippen molar-refractivity contribution in [2.24, 2.45) is 5.41 Å². The molecule has 2 N–H and O–H groups in total. The third-order valence-corrected chi connectivity index (χ3v) is 2.92. The van der Waals surface area contributed by atoms with Crippen LogP contribution in [0.1, 0.15) is 26.7 Å². The SMILES string of the molecule is CC(C)(CCCO)CNc1cc(F)ccc1[N+](=O)[O-]. The minimum Gasteiger partial charge on any atom is -0.396 e. The highest BCUT2D eigenvalue weighted by Gasteiger charge is 2.20. The average molecular weight is 270 g/mol. The van der Waals surface area contributed by atoms with Gasteiger partial charge in [0.15, 0.2) is 0 Å². The highest BCUT2D eigenvalue weighted by molar-refractivity contribution is 5.61. The zero-order valence-electron chi connectivity index (χ0n) is 11.1. The number of nitro groups is 1. The molecule has 0 fully saturated rings. The van der Waals surface area contributed by atoms with Crippen LogP contribution < -0.4 is 5.32 Å². The van der Waals surface area contributed by atoms with Gasteiger partial charge in [0.05, 0.1) is 4.92 Å². The Kier molecular flexibility index (Phi) is 5.23. The van der Waals surface area contributed by atoms with Gasteiger partial charge in [-0.05, 0) is 24.3 Å². The number of hydrogen-bond acceptors (Lipinski definition) is 4. The van der Waals surface area contributed by atoms with Crippen molar-refractivity contribution in [2.75, 3.05) is 18.5 Å². The quantitative estimate of drug-likeness (QED) is 0.590. The molecule has 0 saturated heterocycles. The van der Waals surface area contributed by atoms with E-state index in [0.717, 1.165) is 24.6 Å². The molecule has 0 aliphatic heterocycles. The molecule has 19 heavy (non-hydrogen) atoms. The van der Waals surface area contributed by atoms with Crippen molar-refractivity contribution in [1.82, 2.24) is 0 Å². The van der Waals surface area contributed by atoms with Crippen LogP contribution in [0.15, 0.2) is 18.2 Å². The second kappa shape index (κ2) is 6.47. The number of nitro benzene ring substituents is 1. The Morgan fingerprint density at radius 1 is 1.47 bits per heavy atom. The van der Waals surface area contributed by atoms with E-state index in [1.54, 1.807) is 0 Å². The van der Waals surface area contributed by atoms with E-state index in [1.165, 1.54) is 0 Å². The topological polar surface area (TPSA) is 75.4 Å². The minimum atomic E-state index is -0.539. The molecule has 1 rings (SSSR count). The van der Waals surface area contributed by atoms with Gasteiger partial charge in [-0.1, -0.05) is 13.8 Å². The first-order valence-corrected chi connectivity index (χ1v) is 6.14. The molecule has 0 aliphatic rings. The molecule has 0 unspecified atom stereocenters. The predicted octanol–water partition coefficient (Wildman–Crippen LogP) is 2.94. The Labute approximate surface area is 111 Å². The van der Waals surface area contributed by atoms with Crippen LogP contribution in [0.3, 0.4) is 0 Å². The Hall–Kier alpha value is -1.69. The molecule has 0 spiro atoms. The zero-order valence-corrected chi connectivity index (χ0v) is 11.1. The van der Waals surface area contributed by atoms with E-state index in [4.69, 9.17) is 5.11 Å². The van der Waals surface area contributed by atoms with Gasteiger partial charge in [-0.25, -0.2) is 4.39 Å². The Morgan fingerprint density at radius 2 is 2.16 bits per heavy atom. The normalized spacial score (nSPS) is 11.4. The van der Waals surface area contributed by atoms with Gasteiger partial charge < -0.3 is 10.4 Å². The lowest BCUT2D eigenvalue weighted by Gasteiger charge is -2.25. The molecule has 0 bridgehead atoms. The van der Waals surface area contributed by atoms with Crippen molar-refractivity contribution in [3.63, 3.8) is 0 Å². The smallest absolute Gasteiger partial charge is 0.292 e. The van der Waals surface area contributed by atoms with Gasteiger partial charge in [0, 0.05) is 25.3 Å². The molecule has 0 heterocycles. The fraction of sp³-hybridized carbons (Fsp3) is 0.538. The maximum Gasteiger partial charge on any atom is 0.292 e. The predicted molar refractivity (Wildman–Crippen MR) is 71.6 cm³/mol. The molecule has 1 aromatic carbocycles. The number of hydrogen-bond donors (Lipinski definition) is 2. The van der Waals surface area contributed by atoms with E-state index < -0.39 is 10.7 Å². The van der Waals surface area contributed by atoms with Gasteiger partial charge in [-0.2, -0.15) is 0 Å².